The molecule has 10 heteroatoms. The molecule has 10 nitrogen and oxygen atoms in total. The highest BCUT2D eigenvalue weighted by atomic mass is 16.7. The second kappa shape index (κ2) is 8.60. The van der Waals surface area contributed by atoms with E-state index in [4.69, 9.17) is 23.7 Å². The maximum absolute atomic E-state index is 11.3. The maximum atomic E-state index is 11.3. The molecule has 1 heterocycles. The van der Waals surface area contributed by atoms with Crippen LogP contribution in [0.4, 0.5) is 0 Å². The summed E-state index contributed by atoms with van der Waals surface area (Å²) in [4.78, 5) is 44.9. The average Bonchev–Trinajstić information content (AvgIpc) is 2.42. The molecule has 0 aromatic heterocycles. The molecule has 1 fully saturated rings. The number of aliphatic hydroxyl groups excluding tert-OH is 1. The largest absolute Gasteiger partial charge is 0.463 e. The Labute approximate surface area is 137 Å². The van der Waals surface area contributed by atoms with Gasteiger partial charge in [-0.25, -0.2) is 0 Å². The van der Waals surface area contributed by atoms with Crippen molar-refractivity contribution >= 4 is 23.9 Å². The molecule has 0 aliphatic carbocycles. The second-order valence-electron chi connectivity index (χ2n) is 5.09. The number of carbonyl (C=O) groups is 4. The van der Waals surface area contributed by atoms with Gasteiger partial charge in [-0.3, -0.25) is 19.2 Å². The van der Waals surface area contributed by atoms with Gasteiger partial charge in [0.05, 0.1) is 0 Å². The first-order valence-corrected chi connectivity index (χ1v) is 7.10. The highest BCUT2D eigenvalue weighted by molar-refractivity contribution is 5.68. The van der Waals surface area contributed by atoms with E-state index in [1.165, 1.54) is 0 Å². The van der Waals surface area contributed by atoms with Crippen molar-refractivity contribution in [2.75, 3.05) is 6.61 Å². The van der Waals surface area contributed by atoms with Gasteiger partial charge in [-0.1, -0.05) is 0 Å². The van der Waals surface area contributed by atoms with Crippen LogP contribution < -0.4 is 0 Å². The molecule has 0 amide bonds. The zero-order chi connectivity index (χ0) is 18.4. The molecule has 24 heavy (non-hydrogen) atoms. The van der Waals surface area contributed by atoms with Crippen molar-refractivity contribution in [3.8, 4) is 0 Å². The van der Waals surface area contributed by atoms with Gasteiger partial charge in [0.25, 0.3) is 0 Å². The smallest absolute Gasteiger partial charge is 0.303 e. The molecular formula is C14H20O10. The van der Waals surface area contributed by atoms with Gasteiger partial charge < -0.3 is 28.8 Å². The number of ether oxygens (including phenoxy) is 5. The number of aliphatic hydroxyl groups is 1. The van der Waals surface area contributed by atoms with E-state index < -0.39 is 54.6 Å². The lowest BCUT2D eigenvalue weighted by molar-refractivity contribution is -0.296. The van der Waals surface area contributed by atoms with Gasteiger partial charge in [0.2, 0.25) is 0 Å². The molecule has 1 aliphatic rings. The molecule has 1 N–H and O–H groups in total. The van der Waals surface area contributed by atoms with Gasteiger partial charge in [-0.2, -0.15) is 0 Å². The fourth-order valence-electron chi connectivity index (χ4n) is 2.21. The molecule has 5 atom stereocenters. The zero-order valence-electron chi connectivity index (χ0n) is 13.7. The molecule has 1 rings (SSSR count). The van der Waals surface area contributed by atoms with Crippen LogP contribution in [0.1, 0.15) is 27.7 Å². The molecule has 0 bridgehead atoms. The summed E-state index contributed by atoms with van der Waals surface area (Å²) in [6.07, 6.45) is -6.79. The van der Waals surface area contributed by atoms with Gasteiger partial charge in [-0.15, -0.1) is 0 Å². The van der Waals surface area contributed by atoms with Gasteiger partial charge in [0, 0.05) is 27.7 Å². The molecule has 1 aliphatic heterocycles. The van der Waals surface area contributed by atoms with E-state index in [1.807, 2.05) is 0 Å². The topological polar surface area (TPSA) is 135 Å². The van der Waals surface area contributed by atoms with Crippen LogP contribution in [-0.4, -0.2) is 66.3 Å². The Morgan fingerprint density at radius 1 is 0.792 bits per heavy atom. The predicted octanol–water partition coefficient (Wildman–Crippen LogP) is -0.938. The monoisotopic (exact) mass is 348 g/mol. The lowest BCUT2D eigenvalue weighted by Gasteiger charge is -2.42. The molecule has 0 saturated carbocycles. The molecule has 136 valence electrons. The Hall–Kier alpha value is -2.20. The number of carbonyl (C=O) groups excluding carboxylic acids is 4. The zero-order valence-corrected chi connectivity index (χ0v) is 13.7. The minimum atomic E-state index is -1.68. The summed E-state index contributed by atoms with van der Waals surface area (Å²) in [6.45, 7) is 4.09. The molecule has 2 unspecified atom stereocenters. The Bertz CT molecular complexity index is 502. The standard InChI is InChI=1S/C14H20O10/c1-6(15)20-5-10-11(21-7(2)16)12(22-8(3)17)13(14(19)24-10)23-9(4)18/h10-14,19H,5H2,1-4H3/t10?,11?,12-,13-,14-/m0/s1. The maximum Gasteiger partial charge on any atom is 0.303 e. The third-order valence-corrected chi connectivity index (χ3v) is 2.97. The van der Waals surface area contributed by atoms with E-state index in [9.17, 15) is 24.3 Å². The summed E-state index contributed by atoms with van der Waals surface area (Å²) < 4.78 is 25.0. The van der Waals surface area contributed by atoms with Crippen LogP contribution in [0.15, 0.2) is 0 Å². The predicted molar refractivity (Wildman–Crippen MR) is 74.2 cm³/mol. The van der Waals surface area contributed by atoms with Crippen LogP contribution in [0.25, 0.3) is 0 Å². The van der Waals surface area contributed by atoms with Crippen LogP contribution in [0.2, 0.25) is 0 Å². The number of esters is 4. The molecule has 1 saturated heterocycles. The number of hydrogen-bond acceptors (Lipinski definition) is 10. The van der Waals surface area contributed by atoms with Crippen molar-refractivity contribution < 1.29 is 48.0 Å². The second-order valence-corrected chi connectivity index (χ2v) is 5.09. The van der Waals surface area contributed by atoms with Crippen molar-refractivity contribution in [3.05, 3.63) is 0 Å². The fourth-order valence-corrected chi connectivity index (χ4v) is 2.21. The SMILES string of the molecule is CC(=O)OCC1O[C@H](O)[C@@H](OC(C)=O)[C@@H](OC(C)=O)C1OC(C)=O. The van der Waals surface area contributed by atoms with Crippen molar-refractivity contribution in [2.45, 2.75) is 58.4 Å². The first-order chi connectivity index (χ1) is 11.1. The number of hydrogen-bond donors (Lipinski definition) is 1. The fraction of sp³-hybridized carbons (Fsp3) is 0.714. The third kappa shape index (κ3) is 5.78. The molecule has 0 aromatic rings. The Morgan fingerprint density at radius 3 is 1.71 bits per heavy atom. The summed E-state index contributed by atoms with van der Waals surface area (Å²) in [6, 6.07) is 0. The van der Waals surface area contributed by atoms with Crippen molar-refractivity contribution in [1.82, 2.24) is 0 Å². The Morgan fingerprint density at radius 2 is 1.25 bits per heavy atom. The van der Waals surface area contributed by atoms with Crippen molar-refractivity contribution in [1.29, 1.82) is 0 Å². The highest BCUT2D eigenvalue weighted by Gasteiger charge is 2.51. The molecular weight excluding hydrogens is 328 g/mol. The summed E-state index contributed by atoms with van der Waals surface area (Å²) in [7, 11) is 0. The normalized spacial score (nSPS) is 29.3. The minimum Gasteiger partial charge on any atom is -0.463 e. The van der Waals surface area contributed by atoms with Crippen LogP contribution in [0.3, 0.4) is 0 Å². The highest BCUT2D eigenvalue weighted by Crippen LogP contribution is 2.28. The Kier molecular flexibility index (Phi) is 7.11. The summed E-state index contributed by atoms with van der Waals surface area (Å²) in [5.74, 6) is -2.87. The average molecular weight is 348 g/mol. The molecule has 0 aromatic carbocycles. The van der Waals surface area contributed by atoms with E-state index in [2.05, 4.69) is 0 Å². The third-order valence-electron chi connectivity index (χ3n) is 2.97. The van der Waals surface area contributed by atoms with Gasteiger partial charge in [0.15, 0.2) is 24.6 Å². The summed E-state index contributed by atoms with van der Waals surface area (Å²) in [5, 5.41) is 10.0. The quantitative estimate of drug-likeness (QED) is 0.490. The van der Waals surface area contributed by atoms with Crippen molar-refractivity contribution in [2.24, 2.45) is 0 Å². The lowest BCUT2D eigenvalue weighted by Crippen LogP contribution is -2.62. The van der Waals surface area contributed by atoms with E-state index in [0.717, 1.165) is 27.7 Å². The number of rotatable bonds is 5. The Balaban J connectivity index is 3.11. The van der Waals surface area contributed by atoms with Gasteiger partial charge in [-0.05, 0) is 0 Å². The molecule has 0 radical (unpaired) electrons. The van der Waals surface area contributed by atoms with Crippen LogP contribution in [0.5, 0.6) is 0 Å². The first-order valence-electron chi connectivity index (χ1n) is 7.10. The summed E-state index contributed by atoms with van der Waals surface area (Å²) >= 11 is 0. The summed E-state index contributed by atoms with van der Waals surface area (Å²) in [5.41, 5.74) is 0. The van der Waals surface area contributed by atoms with Crippen molar-refractivity contribution in [3.63, 3.8) is 0 Å². The van der Waals surface area contributed by atoms with Gasteiger partial charge in [0.1, 0.15) is 12.7 Å². The molecule has 0 spiro atoms. The van der Waals surface area contributed by atoms with E-state index in [-0.39, 0.29) is 6.61 Å². The first kappa shape index (κ1) is 19.8. The van der Waals surface area contributed by atoms with Gasteiger partial charge >= 0.3 is 23.9 Å². The van der Waals surface area contributed by atoms with E-state index in [0.29, 0.717) is 0 Å². The van der Waals surface area contributed by atoms with Crippen LogP contribution in [0, 0.1) is 0 Å². The van der Waals surface area contributed by atoms with Crippen LogP contribution in [-0.2, 0) is 42.9 Å². The minimum absolute atomic E-state index is 0.366. The van der Waals surface area contributed by atoms with Crippen LogP contribution >= 0.6 is 0 Å². The van der Waals surface area contributed by atoms with E-state index in [1.54, 1.807) is 0 Å². The lowest BCUT2D eigenvalue weighted by atomic mass is 9.98. The van der Waals surface area contributed by atoms with E-state index >= 15 is 0 Å².